The lowest BCUT2D eigenvalue weighted by molar-refractivity contribution is -0.274. The van der Waals surface area contributed by atoms with Gasteiger partial charge >= 0.3 is 6.36 Å². The van der Waals surface area contributed by atoms with Crippen LogP contribution in [0.25, 0.3) is 22.6 Å². The zero-order valence-electron chi connectivity index (χ0n) is 17.9. The van der Waals surface area contributed by atoms with E-state index in [9.17, 15) is 18.0 Å². The average Bonchev–Trinajstić information content (AvgIpc) is 3.47. The van der Waals surface area contributed by atoms with Crippen LogP contribution in [0.15, 0.2) is 36.4 Å². The maximum atomic E-state index is 12.8. The van der Waals surface area contributed by atoms with Crippen molar-refractivity contribution in [1.29, 1.82) is 0 Å². The first kappa shape index (κ1) is 21.5. The number of likely N-dealkylation sites (tertiary alicyclic amines) is 1. The first-order chi connectivity index (χ1) is 15.9. The molecule has 2 saturated heterocycles. The Bertz CT molecular complexity index is 1160. The number of aromatic amines is 1. The molecule has 3 aromatic rings. The van der Waals surface area contributed by atoms with Gasteiger partial charge in [-0.2, -0.15) is 0 Å². The Morgan fingerprint density at radius 1 is 1.06 bits per heavy atom. The van der Waals surface area contributed by atoms with Crippen LogP contribution in [0, 0.1) is 5.92 Å². The number of H-pyrrole nitrogens is 1. The van der Waals surface area contributed by atoms with Gasteiger partial charge in [-0.15, -0.1) is 13.2 Å². The number of alkyl halides is 3. The number of imidazole rings is 1. The van der Waals surface area contributed by atoms with Gasteiger partial charge in [0.2, 0.25) is 5.91 Å². The van der Waals surface area contributed by atoms with E-state index in [0.717, 1.165) is 51.1 Å². The molecule has 1 atom stereocenters. The Morgan fingerprint density at radius 3 is 2.67 bits per heavy atom. The number of benzene rings is 1. The highest BCUT2D eigenvalue weighted by molar-refractivity contribution is 5.81. The number of nitrogens with zero attached hydrogens (tertiary/aromatic N) is 4. The minimum absolute atomic E-state index is 0.0273. The van der Waals surface area contributed by atoms with Crippen LogP contribution in [0.2, 0.25) is 0 Å². The molecule has 4 heterocycles. The van der Waals surface area contributed by atoms with E-state index in [2.05, 4.69) is 24.6 Å². The van der Waals surface area contributed by atoms with Gasteiger partial charge in [-0.05, 0) is 49.9 Å². The Hall–Kier alpha value is -3.30. The van der Waals surface area contributed by atoms with Gasteiger partial charge in [-0.25, -0.2) is 9.97 Å². The molecule has 1 amide bonds. The Morgan fingerprint density at radius 2 is 1.88 bits per heavy atom. The van der Waals surface area contributed by atoms with Gasteiger partial charge in [-0.3, -0.25) is 4.79 Å². The zero-order chi connectivity index (χ0) is 23.0. The fourth-order valence-corrected chi connectivity index (χ4v) is 4.62. The summed E-state index contributed by atoms with van der Waals surface area (Å²) in [7, 11) is 0. The number of hydrogen-bond acceptors (Lipinski definition) is 5. The Labute approximate surface area is 188 Å². The minimum atomic E-state index is -4.76. The summed E-state index contributed by atoms with van der Waals surface area (Å²) in [4.78, 5) is 29.2. The molecule has 2 aromatic heterocycles. The first-order valence-corrected chi connectivity index (χ1v) is 11.1. The number of piperidine rings is 1. The van der Waals surface area contributed by atoms with Gasteiger partial charge in [-0.1, -0.05) is 12.1 Å². The van der Waals surface area contributed by atoms with Gasteiger partial charge in [0.25, 0.3) is 0 Å². The van der Waals surface area contributed by atoms with E-state index < -0.39 is 6.36 Å². The molecule has 7 nitrogen and oxygen atoms in total. The second kappa shape index (κ2) is 8.57. The van der Waals surface area contributed by atoms with Crippen LogP contribution < -0.4 is 9.64 Å². The predicted octanol–water partition coefficient (Wildman–Crippen LogP) is 4.36. The molecule has 0 radical (unpaired) electrons. The third-order valence-electron chi connectivity index (χ3n) is 6.18. The molecule has 5 rings (SSSR count). The van der Waals surface area contributed by atoms with E-state index in [1.807, 2.05) is 17.0 Å². The minimum Gasteiger partial charge on any atom is -0.406 e. The monoisotopic (exact) mass is 459 g/mol. The molecular formula is C23H24F3N5O2. The summed E-state index contributed by atoms with van der Waals surface area (Å²) in [5.41, 5.74) is 1.61. The summed E-state index contributed by atoms with van der Waals surface area (Å²) in [5, 5.41) is 0. The fraction of sp³-hybridized carbons (Fsp3) is 0.435. The largest absolute Gasteiger partial charge is 0.573 e. The number of halogens is 3. The van der Waals surface area contributed by atoms with Crippen LogP contribution in [0.3, 0.4) is 0 Å². The number of anilines is 1. The number of ether oxygens (including phenoxy) is 1. The maximum Gasteiger partial charge on any atom is 0.573 e. The summed E-state index contributed by atoms with van der Waals surface area (Å²) >= 11 is 0. The van der Waals surface area contributed by atoms with Crippen molar-refractivity contribution in [2.45, 2.75) is 32.0 Å². The molecule has 10 heteroatoms. The molecule has 0 unspecified atom stereocenters. The van der Waals surface area contributed by atoms with Gasteiger partial charge in [0.1, 0.15) is 17.4 Å². The second-order valence-electron chi connectivity index (χ2n) is 8.52. The summed E-state index contributed by atoms with van der Waals surface area (Å²) < 4.78 is 41.6. The van der Waals surface area contributed by atoms with Crippen molar-refractivity contribution in [2.75, 3.05) is 31.1 Å². The van der Waals surface area contributed by atoms with Crippen LogP contribution in [-0.4, -0.2) is 58.3 Å². The van der Waals surface area contributed by atoms with Gasteiger partial charge < -0.3 is 19.5 Å². The zero-order valence-corrected chi connectivity index (χ0v) is 17.9. The molecule has 2 aliphatic rings. The molecular weight excluding hydrogens is 435 g/mol. The van der Waals surface area contributed by atoms with Crippen molar-refractivity contribution in [3.05, 3.63) is 36.4 Å². The summed E-state index contributed by atoms with van der Waals surface area (Å²) in [6, 6.07) is 9.40. The van der Waals surface area contributed by atoms with Gasteiger partial charge in [0.05, 0.1) is 11.4 Å². The lowest BCUT2D eigenvalue weighted by atomic mass is 9.96. The van der Waals surface area contributed by atoms with Gasteiger partial charge in [0.15, 0.2) is 5.65 Å². The molecule has 33 heavy (non-hydrogen) atoms. The molecule has 1 aromatic carbocycles. The molecule has 0 bridgehead atoms. The molecule has 2 fully saturated rings. The lowest BCUT2D eigenvalue weighted by Gasteiger charge is -2.34. The van der Waals surface area contributed by atoms with E-state index in [4.69, 9.17) is 0 Å². The number of fused-ring (bicyclic) bond motifs is 1. The number of rotatable bonds is 4. The van der Waals surface area contributed by atoms with Crippen LogP contribution in [-0.2, 0) is 4.79 Å². The van der Waals surface area contributed by atoms with Crippen molar-refractivity contribution < 1.29 is 22.7 Å². The van der Waals surface area contributed by atoms with E-state index in [0.29, 0.717) is 29.1 Å². The SMILES string of the molecule is O=C([C@@H]1CCCN(c2ccc3[nH]c(-c4cccc(OC(F)(F)F)c4)nc3n2)C1)N1CCCC1. The number of amides is 1. The highest BCUT2D eigenvalue weighted by Crippen LogP contribution is 2.29. The third kappa shape index (κ3) is 4.74. The summed E-state index contributed by atoms with van der Waals surface area (Å²) in [6.45, 7) is 3.15. The fourth-order valence-electron chi connectivity index (χ4n) is 4.62. The van der Waals surface area contributed by atoms with E-state index in [1.54, 1.807) is 6.07 Å². The van der Waals surface area contributed by atoms with Crippen molar-refractivity contribution in [3.63, 3.8) is 0 Å². The topological polar surface area (TPSA) is 74.3 Å². The quantitative estimate of drug-likeness (QED) is 0.628. The van der Waals surface area contributed by atoms with Crippen molar-refractivity contribution in [1.82, 2.24) is 19.9 Å². The molecule has 0 aliphatic carbocycles. The van der Waals surface area contributed by atoms with Crippen LogP contribution in [0.1, 0.15) is 25.7 Å². The van der Waals surface area contributed by atoms with Gasteiger partial charge in [0, 0.05) is 31.7 Å². The Balaban J connectivity index is 1.35. The van der Waals surface area contributed by atoms with Crippen LogP contribution >= 0.6 is 0 Å². The predicted molar refractivity (Wildman–Crippen MR) is 117 cm³/mol. The van der Waals surface area contributed by atoms with Crippen LogP contribution in [0.5, 0.6) is 5.75 Å². The summed E-state index contributed by atoms with van der Waals surface area (Å²) in [6.07, 6.45) is -0.801. The van der Waals surface area contributed by atoms with E-state index in [1.165, 1.54) is 18.2 Å². The van der Waals surface area contributed by atoms with E-state index >= 15 is 0 Å². The van der Waals surface area contributed by atoms with Crippen molar-refractivity contribution in [2.24, 2.45) is 5.92 Å². The third-order valence-corrected chi connectivity index (χ3v) is 6.18. The number of carbonyl (C=O) groups is 1. The molecule has 0 spiro atoms. The molecule has 2 aliphatic heterocycles. The second-order valence-corrected chi connectivity index (χ2v) is 8.52. The average molecular weight is 459 g/mol. The molecule has 174 valence electrons. The van der Waals surface area contributed by atoms with E-state index in [-0.39, 0.29) is 17.6 Å². The number of aromatic nitrogens is 3. The summed E-state index contributed by atoms with van der Waals surface area (Å²) in [5.74, 6) is 1.05. The highest BCUT2D eigenvalue weighted by atomic mass is 19.4. The number of carbonyl (C=O) groups excluding carboxylic acids is 1. The smallest absolute Gasteiger partial charge is 0.406 e. The number of hydrogen-bond donors (Lipinski definition) is 1. The highest BCUT2D eigenvalue weighted by Gasteiger charge is 2.32. The molecule has 1 N–H and O–H groups in total. The maximum absolute atomic E-state index is 12.8. The standard InChI is InChI=1S/C23H24F3N5O2/c24-23(25,26)33-17-7-3-5-15(13-17)20-27-18-8-9-19(28-21(18)29-20)31-12-4-6-16(14-31)22(32)30-10-1-2-11-30/h3,5,7-9,13,16H,1-2,4,6,10-12,14H2,(H,27,28,29)/t16-/m1/s1. The lowest BCUT2D eigenvalue weighted by Crippen LogP contribution is -2.44. The van der Waals surface area contributed by atoms with Crippen molar-refractivity contribution >= 4 is 22.9 Å². The molecule has 0 saturated carbocycles. The van der Waals surface area contributed by atoms with Crippen LogP contribution in [0.4, 0.5) is 19.0 Å². The normalized spacial score (nSPS) is 19.3. The number of nitrogens with one attached hydrogen (secondary N) is 1. The number of pyridine rings is 1. The first-order valence-electron chi connectivity index (χ1n) is 11.1. The Kier molecular flexibility index (Phi) is 5.59. The van der Waals surface area contributed by atoms with Crippen molar-refractivity contribution in [3.8, 4) is 17.1 Å².